The van der Waals surface area contributed by atoms with E-state index in [4.69, 9.17) is 0 Å². The molecular formula is C19H26N8. The van der Waals surface area contributed by atoms with Crippen molar-refractivity contribution in [3.63, 3.8) is 0 Å². The normalized spacial score (nSPS) is 17.4. The largest absolute Gasteiger partial charge is 0.356 e. The van der Waals surface area contributed by atoms with Crippen molar-refractivity contribution in [3.8, 4) is 0 Å². The Balaban J connectivity index is 1.53. The smallest absolute Gasteiger partial charge is 0.154 e. The van der Waals surface area contributed by atoms with Crippen LogP contribution in [0.3, 0.4) is 0 Å². The Morgan fingerprint density at radius 1 is 1.22 bits per heavy atom. The molecule has 27 heavy (non-hydrogen) atoms. The molecule has 0 aliphatic carbocycles. The monoisotopic (exact) mass is 366 g/mol. The van der Waals surface area contributed by atoms with Crippen LogP contribution in [0.25, 0.3) is 0 Å². The van der Waals surface area contributed by atoms with Crippen LogP contribution < -0.4 is 4.90 Å². The summed E-state index contributed by atoms with van der Waals surface area (Å²) in [6.45, 7) is 6.67. The zero-order valence-electron chi connectivity index (χ0n) is 16.2. The average Bonchev–Trinajstić information content (AvgIpc) is 3.32. The minimum Gasteiger partial charge on any atom is -0.356 e. The lowest BCUT2D eigenvalue weighted by atomic mass is 9.97. The summed E-state index contributed by atoms with van der Waals surface area (Å²) in [6.07, 6.45) is 6.89. The third-order valence-electron chi connectivity index (χ3n) is 5.21. The Morgan fingerprint density at radius 2 is 2.11 bits per heavy atom. The maximum absolute atomic E-state index is 4.67. The third kappa shape index (κ3) is 3.70. The molecule has 1 saturated heterocycles. The quantitative estimate of drug-likeness (QED) is 0.688. The second-order valence-corrected chi connectivity index (χ2v) is 7.14. The zero-order valence-corrected chi connectivity index (χ0v) is 16.2. The van der Waals surface area contributed by atoms with Crippen LogP contribution in [0.15, 0.2) is 24.5 Å². The Kier molecular flexibility index (Phi) is 4.87. The first-order chi connectivity index (χ1) is 13.1. The maximum atomic E-state index is 4.67. The molecule has 8 heteroatoms. The van der Waals surface area contributed by atoms with Crippen LogP contribution in [0.4, 0.5) is 5.82 Å². The lowest BCUT2D eigenvalue weighted by Crippen LogP contribution is -2.36. The van der Waals surface area contributed by atoms with E-state index in [0.717, 1.165) is 61.3 Å². The topological polar surface area (TPSA) is 77.5 Å². The summed E-state index contributed by atoms with van der Waals surface area (Å²) in [5.74, 6) is 4.19. The van der Waals surface area contributed by atoms with E-state index in [-0.39, 0.29) is 0 Å². The summed E-state index contributed by atoms with van der Waals surface area (Å²) in [5, 5.41) is 13.2. The van der Waals surface area contributed by atoms with E-state index in [1.165, 1.54) is 0 Å². The number of aromatic nitrogens is 7. The van der Waals surface area contributed by atoms with Crippen molar-refractivity contribution >= 4 is 5.82 Å². The van der Waals surface area contributed by atoms with Crippen molar-refractivity contribution in [1.29, 1.82) is 0 Å². The molecule has 1 aliphatic rings. The van der Waals surface area contributed by atoms with Gasteiger partial charge in [-0.05, 0) is 32.3 Å². The highest BCUT2D eigenvalue weighted by Gasteiger charge is 2.27. The van der Waals surface area contributed by atoms with Gasteiger partial charge in [0.25, 0.3) is 0 Å². The van der Waals surface area contributed by atoms with E-state index in [1.807, 2.05) is 23.9 Å². The Labute approximate surface area is 159 Å². The predicted octanol–water partition coefficient (Wildman–Crippen LogP) is 2.10. The predicted molar refractivity (Wildman–Crippen MR) is 103 cm³/mol. The summed E-state index contributed by atoms with van der Waals surface area (Å²) < 4.78 is 4.00. The average molecular weight is 366 g/mol. The van der Waals surface area contributed by atoms with Gasteiger partial charge in [-0.3, -0.25) is 4.68 Å². The molecule has 1 fully saturated rings. The van der Waals surface area contributed by atoms with Crippen molar-refractivity contribution in [3.05, 3.63) is 47.7 Å². The number of anilines is 1. The highest BCUT2D eigenvalue weighted by molar-refractivity contribution is 5.41. The molecule has 142 valence electrons. The van der Waals surface area contributed by atoms with Gasteiger partial charge in [0, 0.05) is 50.2 Å². The third-order valence-corrected chi connectivity index (χ3v) is 5.21. The van der Waals surface area contributed by atoms with Gasteiger partial charge in [0.2, 0.25) is 0 Å². The van der Waals surface area contributed by atoms with Crippen LogP contribution in [0, 0.1) is 6.92 Å². The first kappa shape index (κ1) is 17.6. The highest BCUT2D eigenvalue weighted by atomic mass is 15.3. The van der Waals surface area contributed by atoms with Gasteiger partial charge in [0.1, 0.15) is 24.0 Å². The number of piperidine rings is 1. The highest BCUT2D eigenvalue weighted by Crippen LogP contribution is 2.28. The van der Waals surface area contributed by atoms with Gasteiger partial charge < -0.3 is 9.47 Å². The number of hydrogen-bond donors (Lipinski definition) is 0. The maximum Gasteiger partial charge on any atom is 0.154 e. The molecule has 1 atom stereocenters. The minimum absolute atomic E-state index is 0.350. The molecule has 0 radical (unpaired) electrons. The van der Waals surface area contributed by atoms with Crippen LogP contribution in [0.5, 0.6) is 0 Å². The molecule has 0 bridgehead atoms. The Hall–Kier alpha value is -2.77. The number of nitrogens with zero attached hydrogens (tertiary/aromatic N) is 8. The second kappa shape index (κ2) is 7.46. The molecule has 0 aromatic carbocycles. The second-order valence-electron chi connectivity index (χ2n) is 7.14. The van der Waals surface area contributed by atoms with Gasteiger partial charge in [-0.2, -0.15) is 5.10 Å². The van der Waals surface area contributed by atoms with Crippen molar-refractivity contribution in [1.82, 2.24) is 34.5 Å². The fourth-order valence-corrected chi connectivity index (χ4v) is 3.76. The molecule has 8 nitrogen and oxygen atoms in total. The standard InChI is InChI=1S/C19H26N8/c1-4-16-11-17(22-14(2)21-16)26-9-5-7-15(12-26)19-24-23-18(25(19)3)13-27-10-6-8-20-27/h6,8,10-11,15H,4-5,7,9,12-13H2,1-3H3/t15-/m0/s1. The van der Waals surface area contributed by atoms with E-state index < -0.39 is 0 Å². The van der Waals surface area contributed by atoms with E-state index in [1.54, 1.807) is 6.20 Å². The Bertz CT molecular complexity index is 899. The van der Waals surface area contributed by atoms with Crippen LogP contribution in [0.2, 0.25) is 0 Å². The molecule has 4 heterocycles. The van der Waals surface area contributed by atoms with E-state index in [0.29, 0.717) is 12.5 Å². The van der Waals surface area contributed by atoms with Gasteiger partial charge in [0.15, 0.2) is 5.82 Å². The van der Waals surface area contributed by atoms with Crippen molar-refractivity contribution < 1.29 is 0 Å². The van der Waals surface area contributed by atoms with Gasteiger partial charge in [-0.1, -0.05) is 6.92 Å². The van der Waals surface area contributed by atoms with Crippen molar-refractivity contribution in [2.24, 2.45) is 7.05 Å². The van der Waals surface area contributed by atoms with Gasteiger partial charge in [-0.15, -0.1) is 10.2 Å². The summed E-state index contributed by atoms with van der Waals surface area (Å²) in [4.78, 5) is 11.5. The summed E-state index contributed by atoms with van der Waals surface area (Å²) in [7, 11) is 2.05. The summed E-state index contributed by atoms with van der Waals surface area (Å²) in [6, 6.07) is 4.04. The molecule has 0 unspecified atom stereocenters. The molecule has 3 aromatic heterocycles. The molecule has 0 spiro atoms. The van der Waals surface area contributed by atoms with Gasteiger partial charge in [-0.25, -0.2) is 9.97 Å². The van der Waals surface area contributed by atoms with E-state index >= 15 is 0 Å². The molecule has 0 amide bonds. The molecule has 3 aromatic rings. The SMILES string of the molecule is CCc1cc(N2CCC[C@H](c3nnc(Cn4cccn4)n3C)C2)nc(C)n1. The van der Waals surface area contributed by atoms with Crippen molar-refractivity contribution in [2.75, 3.05) is 18.0 Å². The zero-order chi connectivity index (χ0) is 18.8. The Morgan fingerprint density at radius 3 is 2.89 bits per heavy atom. The van der Waals surface area contributed by atoms with E-state index in [9.17, 15) is 0 Å². The molecule has 0 saturated carbocycles. The first-order valence-corrected chi connectivity index (χ1v) is 9.59. The summed E-state index contributed by atoms with van der Waals surface area (Å²) >= 11 is 0. The van der Waals surface area contributed by atoms with Crippen LogP contribution >= 0.6 is 0 Å². The number of hydrogen-bond acceptors (Lipinski definition) is 6. The number of aryl methyl sites for hydroxylation is 2. The summed E-state index contributed by atoms with van der Waals surface area (Å²) in [5.41, 5.74) is 1.10. The van der Waals surface area contributed by atoms with Crippen LogP contribution in [-0.2, 0) is 20.0 Å². The molecule has 0 N–H and O–H groups in total. The fraction of sp³-hybridized carbons (Fsp3) is 0.526. The van der Waals surface area contributed by atoms with Crippen molar-refractivity contribution in [2.45, 2.75) is 45.6 Å². The minimum atomic E-state index is 0.350. The fourth-order valence-electron chi connectivity index (χ4n) is 3.76. The van der Waals surface area contributed by atoms with Gasteiger partial charge >= 0.3 is 0 Å². The van der Waals surface area contributed by atoms with Crippen LogP contribution in [-0.4, -0.2) is 47.6 Å². The lowest BCUT2D eigenvalue weighted by molar-refractivity contribution is 0.474. The molecular weight excluding hydrogens is 340 g/mol. The van der Waals surface area contributed by atoms with E-state index in [2.05, 4.69) is 54.8 Å². The molecule has 4 rings (SSSR count). The first-order valence-electron chi connectivity index (χ1n) is 9.59. The number of rotatable bonds is 5. The lowest BCUT2D eigenvalue weighted by Gasteiger charge is -2.33. The van der Waals surface area contributed by atoms with Crippen LogP contribution in [0.1, 0.15) is 48.9 Å². The molecule has 1 aliphatic heterocycles. The van der Waals surface area contributed by atoms with Gasteiger partial charge in [0.05, 0.1) is 0 Å².